The normalized spacial score (nSPS) is 13.1. The molecule has 3 N–H and O–H groups in total. The highest BCUT2D eigenvalue weighted by Crippen LogP contribution is 2.29. The molecule has 1 atom stereocenters. The Balaban J connectivity index is 2.36. The van der Waals surface area contributed by atoms with Gasteiger partial charge in [0.2, 0.25) is 11.8 Å². The highest BCUT2D eigenvalue weighted by Gasteiger charge is 2.39. The summed E-state index contributed by atoms with van der Waals surface area (Å²) >= 11 is 0. The minimum absolute atomic E-state index is 0.209. The summed E-state index contributed by atoms with van der Waals surface area (Å²) in [6.07, 6.45) is 0.605. The monoisotopic (exact) mass is 324 g/mol. The first-order valence-electron chi connectivity index (χ1n) is 8.12. The molecule has 4 nitrogen and oxygen atoms in total. The van der Waals surface area contributed by atoms with Crippen molar-refractivity contribution in [2.45, 2.75) is 39.2 Å². The lowest BCUT2D eigenvalue weighted by Gasteiger charge is -2.33. The van der Waals surface area contributed by atoms with E-state index in [9.17, 15) is 9.59 Å². The Morgan fingerprint density at radius 1 is 1.04 bits per heavy atom. The molecule has 0 bridgehead atoms. The van der Waals surface area contributed by atoms with Gasteiger partial charge in [-0.05, 0) is 42.5 Å². The van der Waals surface area contributed by atoms with Crippen LogP contribution in [0.1, 0.15) is 35.6 Å². The molecule has 0 heterocycles. The van der Waals surface area contributed by atoms with Crippen LogP contribution in [0.4, 0.5) is 0 Å². The standard InChI is InChI=1S/C20H24N2O2/c1-4-20(19(21)24,17-12-8-9-14(2)15(17)3)22-18(23)13-16-10-6-5-7-11-16/h5-12H,4,13H2,1-3H3,(H2,21,24)(H,22,23). The highest BCUT2D eigenvalue weighted by molar-refractivity contribution is 5.92. The third-order valence-corrected chi connectivity index (χ3v) is 4.58. The number of nitrogens with two attached hydrogens (primary N) is 1. The summed E-state index contributed by atoms with van der Waals surface area (Å²) in [5, 5.41) is 2.90. The van der Waals surface area contributed by atoms with E-state index in [1.54, 1.807) is 0 Å². The second-order valence-electron chi connectivity index (χ2n) is 6.08. The maximum absolute atomic E-state index is 12.5. The van der Waals surface area contributed by atoms with Crippen LogP contribution < -0.4 is 11.1 Å². The van der Waals surface area contributed by atoms with E-state index in [-0.39, 0.29) is 12.3 Å². The molecule has 0 aliphatic rings. The maximum atomic E-state index is 12.5. The molecular weight excluding hydrogens is 300 g/mol. The number of amides is 2. The molecule has 2 amide bonds. The molecule has 1 unspecified atom stereocenters. The Kier molecular flexibility index (Phi) is 5.39. The van der Waals surface area contributed by atoms with Gasteiger partial charge in [-0.2, -0.15) is 0 Å². The van der Waals surface area contributed by atoms with Gasteiger partial charge in [0.1, 0.15) is 5.54 Å². The second-order valence-corrected chi connectivity index (χ2v) is 6.08. The Bertz CT molecular complexity index is 741. The van der Waals surface area contributed by atoms with Gasteiger partial charge >= 0.3 is 0 Å². The molecule has 0 fully saturated rings. The number of carbonyl (C=O) groups excluding carboxylic acids is 2. The zero-order valence-corrected chi connectivity index (χ0v) is 14.4. The number of rotatable bonds is 6. The summed E-state index contributed by atoms with van der Waals surface area (Å²) in [6, 6.07) is 15.2. The Morgan fingerprint density at radius 2 is 1.71 bits per heavy atom. The smallest absolute Gasteiger partial charge is 0.247 e. The first-order chi connectivity index (χ1) is 11.4. The molecule has 2 aromatic carbocycles. The van der Waals surface area contributed by atoms with E-state index >= 15 is 0 Å². The zero-order valence-electron chi connectivity index (χ0n) is 14.4. The van der Waals surface area contributed by atoms with Crippen molar-refractivity contribution < 1.29 is 9.59 Å². The first kappa shape index (κ1) is 17.7. The lowest BCUT2D eigenvalue weighted by Crippen LogP contribution is -2.55. The van der Waals surface area contributed by atoms with Crippen LogP contribution in [0.5, 0.6) is 0 Å². The van der Waals surface area contributed by atoms with Crippen LogP contribution >= 0.6 is 0 Å². The number of nitrogens with one attached hydrogen (secondary N) is 1. The lowest BCUT2D eigenvalue weighted by atomic mass is 9.82. The van der Waals surface area contributed by atoms with Crippen molar-refractivity contribution in [3.8, 4) is 0 Å². The molecule has 2 rings (SSSR count). The van der Waals surface area contributed by atoms with Crippen LogP contribution in [0, 0.1) is 13.8 Å². The van der Waals surface area contributed by atoms with Gasteiger partial charge in [-0.1, -0.05) is 55.5 Å². The maximum Gasteiger partial charge on any atom is 0.247 e. The van der Waals surface area contributed by atoms with Crippen molar-refractivity contribution in [2.24, 2.45) is 5.73 Å². The van der Waals surface area contributed by atoms with E-state index in [1.165, 1.54) is 0 Å². The van der Waals surface area contributed by atoms with Gasteiger partial charge < -0.3 is 11.1 Å². The third kappa shape index (κ3) is 3.48. The summed E-state index contributed by atoms with van der Waals surface area (Å²) in [5.74, 6) is -0.761. The molecule has 24 heavy (non-hydrogen) atoms. The van der Waals surface area contributed by atoms with E-state index in [0.29, 0.717) is 6.42 Å². The Morgan fingerprint density at radius 3 is 2.29 bits per heavy atom. The molecule has 0 aliphatic carbocycles. The van der Waals surface area contributed by atoms with Crippen LogP contribution in [0.3, 0.4) is 0 Å². The van der Waals surface area contributed by atoms with E-state index < -0.39 is 11.4 Å². The van der Waals surface area contributed by atoms with Crippen LogP contribution in [0.15, 0.2) is 48.5 Å². The van der Waals surface area contributed by atoms with Gasteiger partial charge in [-0.3, -0.25) is 9.59 Å². The average Bonchev–Trinajstić information content (AvgIpc) is 2.56. The van der Waals surface area contributed by atoms with Gasteiger partial charge in [-0.25, -0.2) is 0 Å². The molecule has 0 spiro atoms. The van der Waals surface area contributed by atoms with Crippen molar-refractivity contribution in [2.75, 3.05) is 0 Å². The van der Waals surface area contributed by atoms with Crippen molar-refractivity contribution in [3.05, 3.63) is 70.8 Å². The predicted molar refractivity (Wildman–Crippen MR) is 95.4 cm³/mol. The van der Waals surface area contributed by atoms with E-state index in [2.05, 4.69) is 5.32 Å². The number of hydrogen-bond donors (Lipinski definition) is 2. The highest BCUT2D eigenvalue weighted by atomic mass is 16.2. The minimum Gasteiger partial charge on any atom is -0.367 e. The molecule has 0 saturated carbocycles. The van der Waals surface area contributed by atoms with Crippen molar-refractivity contribution >= 4 is 11.8 Å². The lowest BCUT2D eigenvalue weighted by molar-refractivity contribution is -0.132. The molecule has 0 radical (unpaired) electrons. The van der Waals surface area contributed by atoms with Gasteiger partial charge in [0, 0.05) is 0 Å². The number of hydrogen-bond acceptors (Lipinski definition) is 2. The predicted octanol–water partition coefficient (Wildman–Crippen LogP) is 2.75. The van der Waals surface area contributed by atoms with Crippen molar-refractivity contribution in [1.29, 1.82) is 0 Å². The van der Waals surface area contributed by atoms with Crippen molar-refractivity contribution in [1.82, 2.24) is 5.32 Å². The van der Waals surface area contributed by atoms with Crippen molar-refractivity contribution in [3.63, 3.8) is 0 Å². The molecule has 4 heteroatoms. The molecule has 0 aliphatic heterocycles. The number of carbonyl (C=O) groups is 2. The van der Waals surface area contributed by atoms with E-state index in [0.717, 1.165) is 22.3 Å². The molecule has 126 valence electrons. The van der Waals surface area contributed by atoms with Gasteiger partial charge in [0.05, 0.1) is 6.42 Å². The summed E-state index contributed by atoms with van der Waals surface area (Å²) in [6.45, 7) is 5.78. The van der Waals surface area contributed by atoms with Crippen LogP contribution in [0.25, 0.3) is 0 Å². The SMILES string of the molecule is CCC(NC(=O)Cc1ccccc1)(C(N)=O)c1cccc(C)c1C. The largest absolute Gasteiger partial charge is 0.367 e. The summed E-state index contributed by atoms with van der Waals surface area (Å²) in [5.41, 5.74) is 8.22. The number of benzene rings is 2. The average molecular weight is 324 g/mol. The van der Waals surface area contributed by atoms with E-state index in [4.69, 9.17) is 5.73 Å². The fraction of sp³-hybridized carbons (Fsp3) is 0.300. The van der Waals surface area contributed by atoms with E-state index in [1.807, 2.05) is 69.3 Å². The van der Waals surface area contributed by atoms with Gasteiger partial charge in [0.15, 0.2) is 0 Å². The fourth-order valence-corrected chi connectivity index (χ4v) is 2.99. The first-order valence-corrected chi connectivity index (χ1v) is 8.12. The van der Waals surface area contributed by atoms with Gasteiger partial charge in [0.25, 0.3) is 0 Å². The summed E-state index contributed by atoms with van der Waals surface area (Å²) in [7, 11) is 0. The molecule has 0 aromatic heterocycles. The number of primary amides is 1. The van der Waals surface area contributed by atoms with Crippen LogP contribution in [-0.4, -0.2) is 11.8 Å². The number of aryl methyl sites for hydroxylation is 1. The Labute approximate surface area is 143 Å². The van der Waals surface area contributed by atoms with Crippen LogP contribution in [-0.2, 0) is 21.5 Å². The Hall–Kier alpha value is -2.62. The van der Waals surface area contributed by atoms with Crippen LogP contribution in [0.2, 0.25) is 0 Å². The minimum atomic E-state index is -1.19. The molecule has 0 saturated heterocycles. The third-order valence-electron chi connectivity index (χ3n) is 4.58. The second kappa shape index (κ2) is 7.30. The topological polar surface area (TPSA) is 72.2 Å². The molecule has 2 aromatic rings. The quantitative estimate of drug-likeness (QED) is 0.857. The summed E-state index contributed by atoms with van der Waals surface area (Å²) < 4.78 is 0. The summed E-state index contributed by atoms with van der Waals surface area (Å²) in [4.78, 5) is 24.9. The van der Waals surface area contributed by atoms with Gasteiger partial charge in [-0.15, -0.1) is 0 Å². The fourth-order valence-electron chi connectivity index (χ4n) is 2.99. The zero-order chi connectivity index (χ0) is 17.7. The molecular formula is C20H24N2O2.